The molecular weight excluding hydrogens is 263 g/mol. The average molecular weight is 284 g/mol. The Labute approximate surface area is 125 Å². The van der Waals surface area contributed by atoms with Crippen molar-refractivity contribution in [3.05, 3.63) is 65.5 Å². The standard InChI is InChI=1S/C18H21FN2/c19-17-9-3-1-7-15(17)13-20-18-10-4-2-8-16(18)14-21-11-5-6-12-21/h1-4,7-10,20H,5-6,11-14H2. The van der Waals surface area contributed by atoms with E-state index in [1.807, 2.05) is 18.2 Å². The van der Waals surface area contributed by atoms with E-state index in [9.17, 15) is 4.39 Å². The molecule has 0 aromatic heterocycles. The Morgan fingerprint density at radius 2 is 1.57 bits per heavy atom. The summed E-state index contributed by atoms with van der Waals surface area (Å²) in [6, 6.07) is 15.3. The van der Waals surface area contributed by atoms with Crippen LogP contribution in [0, 0.1) is 5.82 Å². The lowest BCUT2D eigenvalue weighted by Gasteiger charge is -2.18. The number of hydrogen-bond donors (Lipinski definition) is 1. The first-order valence-corrected chi connectivity index (χ1v) is 7.60. The van der Waals surface area contributed by atoms with E-state index in [-0.39, 0.29) is 5.82 Å². The molecule has 0 bridgehead atoms. The molecule has 0 radical (unpaired) electrons. The van der Waals surface area contributed by atoms with Crippen LogP contribution < -0.4 is 5.32 Å². The number of anilines is 1. The molecule has 0 amide bonds. The number of likely N-dealkylation sites (tertiary alicyclic amines) is 1. The van der Waals surface area contributed by atoms with Crippen molar-refractivity contribution in [1.82, 2.24) is 4.90 Å². The van der Waals surface area contributed by atoms with E-state index in [1.165, 1.54) is 37.6 Å². The number of nitrogens with one attached hydrogen (secondary N) is 1. The summed E-state index contributed by atoms with van der Waals surface area (Å²) in [5, 5.41) is 3.38. The summed E-state index contributed by atoms with van der Waals surface area (Å²) in [7, 11) is 0. The van der Waals surface area contributed by atoms with Crippen molar-refractivity contribution in [1.29, 1.82) is 0 Å². The van der Waals surface area contributed by atoms with Gasteiger partial charge in [-0.05, 0) is 43.6 Å². The van der Waals surface area contributed by atoms with Gasteiger partial charge in [0.05, 0.1) is 0 Å². The smallest absolute Gasteiger partial charge is 0.128 e. The topological polar surface area (TPSA) is 15.3 Å². The van der Waals surface area contributed by atoms with Crippen LogP contribution in [-0.4, -0.2) is 18.0 Å². The van der Waals surface area contributed by atoms with Crippen molar-refractivity contribution in [2.75, 3.05) is 18.4 Å². The predicted molar refractivity (Wildman–Crippen MR) is 84.7 cm³/mol. The zero-order chi connectivity index (χ0) is 14.5. The highest BCUT2D eigenvalue weighted by Crippen LogP contribution is 2.21. The third-order valence-corrected chi connectivity index (χ3v) is 4.04. The third-order valence-electron chi connectivity index (χ3n) is 4.04. The fourth-order valence-corrected chi connectivity index (χ4v) is 2.84. The summed E-state index contributed by atoms with van der Waals surface area (Å²) in [5.74, 6) is -0.151. The Balaban J connectivity index is 1.68. The van der Waals surface area contributed by atoms with Gasteiger partial charge in [-0.1, -0.05) is 36.4 Å². The molecule has 1 saturated heterocycles. The van der Waals surface area contributed by atoms with Crippen molar-refractivity contribution < 1.29 is 4.39 Å². The van der Waals surface area contributed by atoms with Gasteiger partial charge in [0.15, 0.2) is 0 Å². The molecule has 1 fully saturated rings. The van der Waals surface area contributed by atoms with E-state index in [4.69, 9.17) is 0 Å². The Bertz CT molecular complexity index is 591. The molecule has 2 aromatic rings. The number of rotatable bonds is 5. The van der Waals surface area contributed by atoms with E-state index in [0.29, 0.717) is 12.1 Å². The molecule has 0 saturated carbocycles. The lowest BCUT2D eigenvalue weighted by atomic mass is 10.1. The second-order valence-electron chi connectivity index (χ2n) is 5.59. The number of nitrogens with zero attached hydrogens (tertiary/aromatic N) is 1. The highest BCUT2D eigenvalue weighted by molar-refractivity contribution is 5.51. The predicted octanol–water partition coefficient (Wildman–Crippen LogP) is 4.03. The van der Waals surface area contributed by atoms with Crippen LogP contribution in [0.1, 0.15) is 24.0 Å². The Kier molecular flexibility index (Phi) is 4.51. The first kappa shape index (κ1) is 14.1. The maximum atomic E-state index is 13.7. The zero-order valence-electron chi connectivity index (χ0n) is 12.2. The van der Waals surface area contributed by atoms with Crippen LogP contribution >= 0.6 is 0 Å². The molecule has 2 nitrogen and oxygen atoms in total. The summed E-state index contributed by atoms with van der Waals surface area (Å²) in [6.07, 6.45) is 2.59. The van der Waals surface area contributed by atoms with Crippen molar-refractivity contribution in [3.63, 3.8) is 0 Å². The molecule has 1 N–H and O–H groups in total. The summed E-state index contributed by atoms with van der Waals surface area (Å²) in [4.78, 5) is 2.48. The molecule has 0 unspecified atom stereocenters. The molecule has 3 rings (SSSR count). The van der Waals surface area contributed by atoms with Crippen molar-refractivity contribution >= 4 is 5.69 Å². The van der Waals surface area contributed by atoms with Crippen LogP contribution in [0.25, 0.3) is 0 Å². The van der Waals surface area contributed by atoms with Crippen LogP contribution in [0.5, 0.6) is 0 Å². The van der Waals surface area contributed by atoms with Gasteiger partial charge in [0.25, 0.3) is 0 Å². The van der Waals surface area contributed by atoms with Gasteiger partial charge in [-0.25, -0.2) is 4.39 Å². The van der Waals surface area contributed by atoms with Gasteiger partial charge in [0, 0.05) is 24.3 Å². The van der Waals surface area contributed by atoms with Gasteiger partial charge in [0.2, 0.25) is 0 Å². The number of para-hydroxylation sites is 1. The lowest BCUT2D eigenvalue weighted by Crippen LogP contribution is -2.19. The number of hydrogen-bond acceptors (Lipinski definition) is 2. The Morgan fingerprint density at radius 1 is 0.905 bits per heavy atom. The van der Waals surface area contributed by atoms with Crippen molar-refractivity contribution in [3.8, 4) is 0 Å². The molecule has 0 spiro atoms. The minimum Gasteiger partial charge on any atom is -0.381 e. The highest BCUT2D eigenvalue weighted by atomic mass is 19.1. The molecule has 3 heteroatoms. The molecular formula is C18H21FN2. The van der Waals surface area contributed by atoms with E-state index in [2.05, 4.69) is 28.4 Å². The molecule has 1 aliphatic heterocycles. The molecule has 21 heavy (non-hydrogen) atoms. The fraction of sp³-hybridized carbons (Fsp3) is 0.333. The first-order valence-electron chi connectivity index (χ1n) is 7.60. The fourth-order valence-electron chi connectivity index (χ4n) is 2.84. The Hall–Kier alpha value is -1.87. The maximum absolute atomic E-state index is 13.7. The lowest BCUT2D eigenvalue weighted by molar-refractivity contribution is 0.332. The van der Waals surface area contributed by atoms with Gasteiger partial charge < -0.3 is 5.32 Å². The van der Waals surface area contributed by atoms with Crippen molar-refractivity contribution in [2.45, 2.75) is 25.9 Å². The van der Waals surface area contributed by atoms with Gasteiger partial charge in [0.1, 0.15) is 5.82 Å². The summed E-state index contributed by atoms with van der Waals surface area (Å²) in [6.45, 7) is 3.85. The largest absolute Gasteiger partial charge is 0.381 e. The minimum absolute atomic E-state index is 0.151. The molecule has 0 aliphatic carbocycles. The van der Waals surface area contributed by atoms with Gasteiger partial charge >= 0.3 is 0 Å². The first-order chi connectivity index (χ1) is 10.3. The minimum atomic E-state index is -0.151. The SMILES string of the molecule is Fc1ccccc1CNc1ccccc1CN1CCCC1. The van der Waals surface area contributed by atoms with Gasteiger partial charge in [-0.15, -0.1) is 0 Å². The second-order valence-corrected chi connectivity index (χ2v) is 5.59. The molecule has 1 aliphatic rings. The van der Waals surface area contributed by atoms with E-state index < -0.39 is 0 Å². The second kappa shape index (κ2) is 6.72. The van der Waals surface area contributed by atoms with Gasteiger partial charge in [-0.2, -0.15) is 0 Å². The van der Waals surface area contributed by atoms with Gasteiger partial charge in [-0.3, -0.25) is 4.90 Å². The maximum Gasteiger partial charge on any atom is 0.128 e. The molecule has 0 atom stereocenters. The van der Waals surface area contributed by atoms with E-state index >= 15 is 0 Å². The average Bonchev–Trinajstić information content (AvgIpc) is 3.01. The van der Waals surface area contributed by atoms with E-state index in [1.54, 1.807) is 6.07 Å². The summed E-state index contributed by atoms with van der Waals surface area (Å²) in [5.41, 5.74) is 3.09. The van der Waals surface area contributed by atoms with Crippen LogP contribution in [-0.2, 0) is 13.1 Å². The quantitative estimate of drug-likeness (QED) is 0.891. The molecule has 1 heterocycles. The molecule has 110 valence electrons. The Morgan fingerprint density at radius 3 is 2.33 bits per heavy atom. The summed E-state index contributed by atoms with van der Waals surface area (Å²) >= 11 is 0. The summed E-state index contributed by atoms with van der Waals surface area (Å²) < 4.78 is 13.7. The monoisotopic (exact) mass is 284 g/mol. The zero-order valence-corrected chi connectivity index (χ0v) is 12.2. The highest BCUT2D eigenvalue weighted by Gasteiger charge is 2.13. The third kappa shape index (κ3) is 3.61. The number of halogens is 1. The van der Waals surface area contributed by atoms with Crippen molar-refractivity contribution in [2.24, 2.45) is 0 Å². The van der Waals surface area contributed by atoms with Crippen LogP contribution in [0.15, 0.2) is 48.5 Å². The van der Waals surface area contributed by atoms with E-state index in [0.717, 1.165) is 12.2 Å². The normalized spacial score (nSPS) is 15.3. The number of benzene rings is 2. The van der Waals surface area contributed by atoms with Crippen LogP contribution in [0.2, 0.25) is 0 Å². The van der Waals surface area contributed by atoms with Crippen LogP contribution in [0.4, 0.5) is 10.1 Å². The molecule has 2 aromatic carbocycles. The van der Waals surface area contributed by atoms with Crippen LogP contribution in [0.3, 0.4) is 0 Å².